The molecule has 3 heterocycles. The number of likely N-dealkylation sites (tertiary alicyclic amines) is 2. The quantitative estimate of drug-likeness (QED) is 0.854. The predicted molar refractivity (Wildman–Crippen MR) is 93.8 cm³/mol. The summed E-state index contributed by atoms with van der Waals surface area (Å²) in [7, 11) is 0. The Morgan fingerprint density at radius 2 is 2.04 bits per heavy atom. The van der Waals surface area contributed by atoms with E-state index >= 15 is 0 Å². The molecule has 3 fully saturated rings. The number of amides is 2. The lowest BCUT2D eigenvalue weighted by atomic mass is 9.73. The molecule has 4 rings (SSSR count). The first-order valence-corrected chi connectivity index (χ1v) is 9.46. The van der Waals surface area contributed by atoms with Gasteiger partial charge in [0.1, 0.15) is 11.5 Å². The molecule has 136 valence electrons. The molecule has 2 aliphatic heterocycles. The fraction of sp³-hybridized carbons (Fsp3) is 0.722. The number of anilines is 1. The number of nitrogen functional groups attached to an aromatic ring is 1. The van der Waals surface area contributed by atoms with Crippen molar-refractivity contribution in [3.05, 3.63) is 11.8 Å². The van der Waals surface area contributed by atoms with Crippen LogP contribution < -0.4 is 5.73 Å². The molecule has 2 amide bonds. The van der Waals surface area contributed by atoms with E-state index in [1.165, 1.54) is 12.8 Å². The lowest BCUT2D eigenvalue weighted by molar-refractivity contribution is -0.142. The number of carbonyl (C=O) groups excluding carboxylic acids is 2. The smallest absolute Gasteiger partial charge is 0.271 e. The minimum absolute atomic E-state index is 0.0346. The van der Waals surface area contributed by atoms with Gasteiger partial charge in [-0.05, 0) is 32.1 Å². The molecule has 1 spiro atoms. The van der Waals surface area contributed by atoms with E-state index in [0.29, 0.717) is 29.9 Å². The molecule has 0 aromatic carbocycles. The fourth-order valence-electron chi connectivity index (χ4n) is 4.92. The molecule has 1 unspecified atom stereocenters. The lowest BCUT2D eigenvalue weighted by Gasteiger charge is -2.49. The van der Waals surface area contributed by atoms with E-state index in [1.807, 2.05) is 4.90 Å². The molecule has 7 heteroatoms. The van der Waals surface area contributed by atoms with Gasteiger partial charge in [-0.25, -0.2) is 0 Å². The zero-order valence-corrected chi connectivity index (χ0v) is 14.7. The maximum absolute atomic E-state index is 12.8. The van der Waals surface area contributed by atoms with Gasteiger partial charge in [-0.1, -0.05) is 12.8 Å². The Bertz CT molecular complexity index is 666. The number of rotatable bonds is 2. The molecule has 1 aliphatic carbocycles. The second-order valence-electron chi connectivity index (χ2n) is 8.00. The molecule has 2 saturated heterocycles. The molecule has 1 saturated carbocycles. The first kappa shape index (κ1) is 16.4. The molecule has 1 aromatic heterocycles. The minimum atomic E-state index is -0.0346. The summed E-state index contributed by atoms with van der Waals surface area (Å²) in [6.45, 7) is 2.30. The van der Waals surface area contributed by atoms with E-state index in [2.05, 4.69) is 15.1 Å². The number of hydrogen-bond donors (Lipinski definition) is 2. The first-order chi connectivity index (χ1) is 12.1. The molecule has 3 N–H and O–H groups in total. The second kappa shape index (κ2) is 6.35. The van der Waals surface area contributed by atoms with Crippen molar-refractivity contribution in [2.75, 3.05) is 25.4 Å². The summed E-state index contributed by atoms with van der Waals surface area (Å²) in [6.07, 6.45) is 8.33. The number of piperidine rings is 2. The number of nitrogens with zero attached hydrogens (tertiary/aromatic N) is 3. The Morgan fingerprint density at radius 3 is 2.76 bits per heavy atom. The molecule has 7 nitrogen and oxygen atoms in total. The monoisotopic (exact) mass is 345 g/mol. The summed E-state index contributed by atoms with van der Waals surface area (Å²) < 4.78 is 0. The Labute approximate surface area is 147 Å². The van der Waals surface area contributed by atoms with Gasteiger partial charge in [0.25, 0.3) is 5.91 Å². The minimum Gasteiger partial charge on any atom is -0.382 e. The predicted octanol–water partition coefficient (Wildman–Crippen LogP) is 1.78. The van der Waals surface area contributed by atoms with Crippen molar-refractivity contribution < 1.29 is 9.59 Å². The highest BCUT2D eigenvalue weighted by atomic mass is 16.2. The van der Waals surface area contributed by atoms with Crippen LogP contribution in [0.5, 0.6) is 0 Å². The molecule has 0 bridgehead atoms. The van der Waals surface area contributed by atoms with Crippen LogP contribution in [0.15, 0.2) is 6.07 Å². The second-order valence-corrected chi connectivity index (χ2v) is 8.00. The van der Waals surface area contributed by atoms with Crippen LogP contribution >= 0.6 is 0 Å². The van der Waals surface area contributed by atoms with Gasteiger partial charge < -0.3 is 15.5 Å². The molecule has 0 radical (unpaired) electrons. The van der Waals surface area contributed by atoms with E-state index in [1.54, 1.807) is 6.07 Å². The molecule has 1 aromatic rings. The average molecular weight is 345 g/mol. The Hall–Kier alpha value is -2.05. The Kier molecular flexibility index (Phi) is 4.17. The van der Waals surface area contributed by atoms with E-state index in [4.69, 9.17) is 5.73 Å². The van der Waals surface area contributed by atoms with Crippen molar-refractivity contribution >= 4 is 17.6 Å². The normalized spacial score (nSPS) is 28.1. The van der Waals surface area contributed by atoms with Crippen molar-refractivity contribution in [1.29, 1.82) is 0 Å². The van der Waals surface area contributed by atoms with Gasteiger partial charge in [0.2, 0.25) is 5.91 Å². The largest absolute Gasteiger partial charge is 0.382 e. The number of carbonyl (C=O) groups is 2. The van der Waals surface area contributed by atoms with Gasteiger partial charge in [-0.3, -0.25) is 14.7 Å². The highest BCUT2D eigenvalue weighted by molar-refractivity contribution is 5.93. The number of hydrogen-bond acceptors (Lipinski definition) is 4. The SMILES string of the molecule is Nc1cc(C(=O)N2CCCC3(CCC(=O)N(C4CCCC4)C3)C2)[nH]n1. The summed E-state index contributed by atoms with van der Waals surface area (Å²) in [6, 6.07) is 2.02. The van der Waals surface area contributed by atoms with Crippen LogP contribution in [0.25, 0.3) is 0 Å². The van der Waals surface area contributed by atoms with Crippen molar-refractivity contribution in [3.8, 4) is 0 Å². The van der Waals surface area contributed by atoms with Crippen LogP contribution in [0.1, 0.15) is 61.9 Å². The van der Waals surface area contributed by atoms with Crippen LogP contribution in [0.3, 0.4) is 0 Å². The Morgan fingerprint density at radius 1 is 1.24 bits per heavy atom. The van der Waals surface area contributed by atoms with Crippen LogP contribution in [-0.2, 0) is 4.79 Å². The molecule has 25 heavy (non-hydrogen) atoms. The van der Waals surface area contributed by atoms with Gasteiger partial charge in [-0.15, -0.1) is 0 Å². The fourth-order valence-corrected chi connectivity index (χ4v) is 4.92. The molecule has 1 atom stereocenters. The standard InChI is InChI=1S/C18H27N5O2/c19-15-10-14(20-21-15)17(25)22-9-3-7-18(11-22)8-6-16(24)23(12-18)13-4-1-2-5-13/h10,13H,1-9,11-12H2,(H3,19,20,21). The van der Waals surface area contributed by atoms with E-state index < -0.39 is 0 Å². The highest BCUT2D eigenvalue weighted by Gasteiger charge is 2.44. The third-order valence-electron chi connectivity index (χ3n) is 6.24. The van der Waals surface area contributed by atoms with Gasteiger partial charge in [0.05, 0.1) is 0 Å². The summed E-state index contributed by atoms with van der Waals surface area (Å²) in [5, 5.41) is 6.59. The van der Waals surface area contributed by atoms with E-state index in [-0.39, 0.29) is 11.3 Å². The zero-order chi connectivity index (χ0) is 17.4. The summed E-state index contributed by atoms with van der Waals surface area (Å²) >= 11 is 0. The average Bonchev–Trinajstić information content (AvgIpc) is 3.28. The van der Waals surface area contributed by atoms with Crippen LogP contribution in [0, 0.1) is 5.41 Å². The Balaban J connectivity index is 1.49. The van der Waals surface area contributed by atoms with Gasteiger partial charge in [-0.2, -0.15) is 5.10 Å². The van der Waals surface area contributed by atoms with Crippen LogP contribution in [0.4, 0.5) is 5.82 Å². The first-order valence-electron chi connectivity index (χ1n) is 9.46. The van der Waals surface area contributed by atoms with Crippen LogP contribution in [-0.4, -0.2) is 57.5 Å². The van der Waals surface area contributed by atoms with Crippen molar-refractivity contribution in [2.45, 2.75) is 57.4 Å². The summed E-state index contributed by atoms with van der Waals surface area (Å²) in [4.78, 5) is 29.3. The maximum atomic E-state index is 12.8. The van der Waals surface area contributed by atoms with Gasteiger partial charge >= 0.3 is 0 Å². The molecular formula is C18H27N5O2. The topological polar surface area (TPSA) is 95.3 Å². The van der Waals surface area contributed by atoms with Crippen LogP contribution in [0.2, 0.25) is 0 Å². The van der Waals surface area contributed by atoms with Gasteiger partial charge in [0, 0.05) is 43.6 Å². The zero-order valence-electron chi connectivity index (χ0n) is 14.7. The van der Waals surface area contributed by atoms with E-state index in [0.717, 1.165) is 51.7 Å². The molecular weight excluding hydrogens is 318 g/mol. The van der Waals surface area contributed by atoms with Gasteiger partial charge in [0.15, 0.2) is 0 Å². The number of aromatic nitrogens is 2. The lowest BCUT2D eigenvalue weighted by Crippen LogP contribution is -2.56. The number of nitrogens with one attached hydrogen (secondary N) is 1. The number of aromatic amines is 1. The van der Waals surface area contributed by atoms with E-state index in [9.17, 15) is 9.59 Å². The summed E-state index contributed by atoms with van der Waals surface area (Å²) in [5.41, 5.74) is 6.13. The number of H-pyrrole nitrogens is 1. The third-order valence-corrected chi connectivity index (χ3v) is 6.24. The summed E-state index contributed by atoms with van der Waals surface area (Å²) in [5.74, 6) is 0.612. The van der Waals surface area contributed by atoms with Crippen molar-refractivity contribution in [3.63, 3.8) is 0 Å². The highest BCUT2D eigenvalue weighted by Crippen LogP contribution is 2.41. The maximum Gasteiger partial charge on any atom is 0.271 e. The van der Waals surface area contributed by atoms with Crippen molar-refractivity contribution in [1.82, 2.24) is 20.0 Å². The van der Waals surface area contributed by atoms with Crippen molar-refractivity contribution in [2.24, 2.45) is 5.41 Å². The third kappa shape index (κ3) is 3.12. The molecule has 3 aliphatic rings. The number of nitrogens with two attached hydrogens (primary N) is 1.